The number of hydrogen-bond acceptors (Lipinski definition) is 5. The smallest absolute Gasteiger partial charge is 0.273 e. The second kappa shape index (κ2) is 3.27. The number of ether oxygens (including phenoxy) is 1. The Morgan fingerprint density at radius 2 is 2.29 bits per heavy atom. The third-order valence-electron chi connectivity index (χ3n) is 2.64. The Balaban J connectivity index is 2.20. The van der Waals surface area contributed by atoms with Gasteiger partial charge in [0.2, 0.25) is 0 Å². The van der Waals surface area contributed by atoms with Gasteiger partial charge in [-0.3, -0.25) is 14.7 Å². The monoisotopic (exact) mass is 232 g/mol. The van der Waals surface area contributed by atoms with Crippen molar-refractivity contribution in [2.45, 2.75) is 13.5 Å². The molecule has 7 nitrogen and oxygen atoms in total. The fourth-order valence-electron chi connectivity index (χ4n) is 1.87. The van der Waals surface area contributed by atoms with E-state index in [1.165, 1.54) is 12.1 Å². The number of aryl methyl sites for hydroxylation is 1. The van der Waals surface area contributed by atoms with E-state index in [4.69, 9.17) is 4.74 Å². The van der Waals surface area contributed by atoms with Crippen molar-refractivity contribution in [1.29, 1.82) is 0 Å². The summed E-state index contributed by atoms with van der Waals surface area (Å²) in [5, 5.41) is 18.6. The number of fused-ring (bicyclic) bond motifs is 3. The lowest BCUT2D eigenvalue weighted by molar-refractivity contribution is -0.384. The Labute approximate surface area is 95.8 Å². The first kappa shape index (κ1) is 9.76. The number of benzene rings is 1. The van der Waals surface area contributed by atoms with Crippen LogP contribution in [0.25, 0.3) is 5.69 Å². The fourth-order valence-corrected chi connectivity index (χ4v) is 1.87. The molecule has 3 rings (SSSR count). The highest BCUT2D eigenvalue weighted by Crippen LogP contribution is 2.32. The lowest BCUT2D eigenvalue weighted by Gasteiger charge is -2.18. The van der Waals surface area contributed by atoms with E-state index in [9.17, 15) is 10.1 Å². The Kier molecular flexibility index (Phi) is 1.88. The Bertz CT molecular complexity index is 620. The molecular formula is C10H8N4O3. The summed E-state index contributed by atoms with van der Waals surface area (Å²) in [5.74, 6) is 1.91. The zero-order valence-corrected chi connectivity index (χ0v) is 8.95. The number of hydrogen-bond donors (Lipinski definition) is 0. The molecule has 1 aliphatic heterocycles. The van der Waals surface area contributed by atoms with Crippen LogP contribution in [0.2, 0.25) is 0 Å². The molecule has 0 radical (unpaired) electrons. The van der Waals surface area contributed by atoms with Crippen LogP contribution in [0, 0.1) is 17.0 Å². The molecule has 86 valence electrons. The summed E-state index contributed by atoms with van der Waals surface area (Å²) in [6.07, 6.45) is 0. The van der Waals surface area contributed by atoms with Crippen molar-refractivity contribution < 1.29 is 9.66 Å². The minimum atomic E-state index is -0.446. The molecule has 0 N–H and O–H groups in total. The molecule has 0 amide bonds. The standard InChI is InChI=1S/C10H8N4O3/c1-6-11-12-10-5-17-9-4-7(14(15)16)2-3-8(9)13(6)10/h2-4H,5H2,1H3. The van der Waals surface area contributed by atoms with Crippen LogP contribution in [0.3, 0.4) is 0 Å². The van der Waals surface area contributed by atoms with Gasteiger partial charge in [0.1, 0.15) is 12.4 Å². The molecule has 0 atom stereocenters. The van der Waals surface area contributed by atoms with Crippen molar-refractivity contribution >= 4 is 5.69 Å². The van der Waals surface area contributed by atoms with Crippen LogP contribution < -0.4 is 4.74 Å². The van der Waals surface area contributed by atoms with Gasteiger partial charge in [-0.25, -0.2) is 0 Å². The van der Waals surface area contributed by atoms with Crippen LogP contribution in [-0.4, -0.2) is 19.7 Å². The van der Waals surface area contributed by atoms with Gasteiger partial charge in [0.05, 0.1) is 16.7 Å². The van der Waals surface area contributed by atoms with Crippen LogP contribution >= 0.6 is 0 Å². The molecule has 1 aromatic heterocycles. The maximum absolute atomic E-state index is 10.7. The third-order valence-corrected chi connectivity index (χ3v) is 2.64. The Hall–Kier alpha value is -2.44. The highest BCUT2D eigenvalue weighted by Gasteiger charge is 2.22. The van der Waals surface area contributed by atoms with Crippen molar-refractivity contribution in [3.05, 3.63) is 40.0 Å². The van der Waals surface area contributed by atoms with E-state index >= 15 is 0 Å². The normalized spacial score (nSPS) is 12.5. The quantitative estimate of drug-likeness (QED) is 0.547. The van der Waals surface area contributed by atoms with Gasteiger partial charge in [-0.2, -0.15) is 0 Å². The summed E-state index contributed by atoms with van der Waals surface area (Å²) >= 11 is 0. The van der Waals surface area contributed by atoms with Gasteiger partial charge in [0.25, 0.3) is 5.69 Å². The van der Waals surface area contributed by atoms with Crippen LogP contribution in [0.15, 0.2) is 18.2 Å². The second-order valence-electron chi connectivity index (χ2n) is 3.70. The first-order valence-corrected chi connectivity index (χ1v) is 4.99. The molecule has 1 aliphatic rings. The van der Waals surface area contributed by atoms with Gasteiger partial charge in [-0.15, -0.1) is 10.2 Å². The van der Waals surface area contributed by atoms with Gasteiger partial charge in [0, 0.05) is 6.07 Å². The lowest BCUT2D eigenvalue weighted by Crippen LogP contribution is -2.14. The van der Waals surface area contributed by atoms with E-state index in [1.54, 1.807) is 6.07 Å². The van der Waals surface area contributed by atoms with Crippen LogP contribution in [0.5, 0.6) is 5.75 Å². The molecule has 1 aromatic carbocycles. The molecule has 0 bridgehead atoms. The third kappa shape index (κ3) is 1.36. The fraction of sp³-hybridized carbons (Fsp3) is 0.200. The maximum atomic E-state index is 10.7. The minimum Gasteiger partial charge on any atom is -0.483 e. The summed E-state index contributed by atoms with van der Waals surface area (Å²) in [6, 6.07) is 4.50. The number of nitrogens with zero attached hydrogens (tertiary/aromatic N) is 4. The highest BCUT2D eigenvalue weighted by molar-refractivity contribution is 5.55. The molecule has 2 heterocycles. The lowest BCUT2D eigenvalue weighted by atomic mass is 10.2. The Morgan fingerprint density at radius 1 is 1.47 bits per heavy atom. The van der Waals surface area contributed by atoms with Crippen molar-refractivity contribution in [3.63, 3.8) is 0 Å². The number of aromatic nitrogens is 3. The number of nitro groups is 1. The van der Waals surface area contributed by atoms with E-state index in [0.717, 1.165) is 11.5 Å². The van der Waals surface area contributed by atoms with Gasteiger partial charge in [0.15, 0.2) is 11.6 Å². The summed E-state index contributed by atoms with van der Waals surface area (Å²) in [7, 11) is 0. The van der Waals surface area contributed by atoms with E-state index in [2.05, 4.69) is 10.2 Å². The number of rotatable bonds is 1. The maximum Gasteiger partial charge on any atom is 0.273 e. The average molecular weight is 232 g/mol. The topological polar surface area (TPSA) is 83.1 Å². The predicted molar refractivity (Wildman–Crippen MR) is 57.1 cm³/mol. The summed E-state index contributed by atoms with van der Waals surface area (Å²) < 4.78 is 7.26. The molecular weight excluding hydrogens is 224 g/mol. The number of nitro benzene ring substituents is 1. The minimum absolute atomic E-state index is 0.0120. The molecule has 2 aromatic rings. The van der Waals surface area contributed by atoms with E-state index < -0.39 is 4.92 Å². The van der Waals surface area contributed by atoms with E-state index in [0.29, 0.717) is 11.6 Å². The van der Waals surface area contributed by atoms with Gasteiger partial charge in [-0.05, 0) is 13.0 Å². The summed E-state index contributed by atoms with van der Waals surface area (Å²) in [5.41, 5.74) is 0.747. The van der Waals surface area contributed by atoms with E-state index in [1.807, 2.05) is 11.5 Å². The SMILES string of the molecule is Cc1nnc2n1-c1ccc([N+](=O)[O-])cc1OC2. The molecule has 0 saturated carbocycles. The molecule has 7 heteroatoms. The van der Waals surface area contributed by atoms with Crippen molar-refractivity contribution in [2.75, 3.05) is 0 Å². The molecule has 0 saturated heterocycles. The zero-order valence-electron chi connectivity index (χ0n) is 8.95. The summed E-state index contributed by atoms with van der Waals surface area (Å²) in [6.45, 7) is 2.10. The number of non-ortho nitro benzene ring substituents is 1. The molecule has 0 aliphatic carbocycles. The van der Waals surface area contributed by atoms with Gasteiger partial charge in [-0.1, -0.05) is 0 Å². The predicted octanol–water partition coefficient (Wildman–Crippen LogP) is 1.38. The highest BCUT2D eigenvalue weighted by atomic mass is 16.6. The average Bonchev–Trinajstić information content (AvgIpc) is 2.70. The van der Waals surface area contributed by atoms with Crippen LogP contribution in [-0.2, 0) is 6.61 Å². The largest absolute Gasteiger partial charge is 0.483 e. The van der Waals surface area contributed by atoms with Crippen LogP contribution in [0.1, 0.15) is 11.6 Å². The van der Waals surface area contributed by atoms with Gasteiger partial charge >= 0.3 is 0 Å². The molecule has 0 fully saturated rings. The summed E-state index contributed by atoms with van der Waals surface area (Å²) in [4.78, 5) is 10.2. The van der Waals surface area contributed by atoms with Crippen molar-refractivity contribution in [1.82, 2.24) is 14.8 Å². The molecule has 0 spiro atoms. The first-order chi connectivity index (χ1) is 8.16. The van der Waals surface area contributed by atoms with E-state index in [-0.39, 0.29) is 12.3 Å². The van der Waals surface area contributed by atoms with Gasteiger partial charge < -0.3 is 4.74 Å². The van der Waals surface area contributed by atoms with Crippen molar-refractivity contribution in [2.24, 2.45) is 0 Å². The first-order valence-electron chi connectivity index (χ1n) is 4.99. The van der Waals surface area contributed by atoms with Crippen molar-refractivity contribution in [3.8, 4) is 11.4 Å². The Morgan fingerprint density at radius 3 is 3.06 bits per heavy atom. The zero-order chi connectivity index (χ0) is 12.0. The molecule has 17 heavy (non-hydrogen) atoms. The van der Waals surface area contributed by atoms with Crippen LogP contribution in [0.4, 0.5) is 5.69 Å². The second-order valence-corrected chi connectivity index (χ2v) is 3.70. The molecule has 0 unspecified atom stereocenters.